The molecule has 2 unspecified atom stereocenters. The van der Waals surface area contributed by atoms with Crippen molar-refractivity contribution in [3.63, 3.8) is 0 Å². The molecule has 2 bridgehead atoms. The Hall–Kier alpha value is -4.18. The van der Waals surface area contributed by atoms with Gasteiger partial charge in [0.1, 0.15) is 11.5 Å². The summed E-state index contributed by atoms with van der Waals surface area (Å²) in [5, 5.41) is 3.66. The molecule has 1 N–H and O–H groups in total. The van der Waals surface area contributed by atoms with Gasteiger partial charge in [0.05, 0.1) is 23.0 Å². The highest BCUT2D eigenvalue weighted by Gasteiger charge is 2.45. The van der Waals surface area contributed by atoms with Crippen LogP contribution in [0.5, 0.6) is 0 Å². The summed E-state index contributed by atoms with van der Waals surface area (Å²) >= 11 is 0. The van der Waals surface area contributed by atoms with Crippen molar-refractivity contribution in [3.05, 3.63) is 71.6 Å². The number of nitrogens with one attached hydrogen (secondary N) is 1. The quantitative estimate of drug-likeness (QED) is 0.437. The van der Waals surface area contributed by atoms with Crippen molar-refractivity contribution >= 4 is 39.6 Å². The smallest absolute Gasteiger partial charge is 0.320 e. The van der Waals surface area contributed by atoms with Crippen molar-refractivity contribution in [3.8, 4) is 0 Å². The van der Waals surface area contributed by atoms with Gasteiger partial charge < -0.3 is 19.7 Å². The molecule has 3 amide bonds. The zero-order valence-electron chi connectivity index (χ0n) is 21.6. The number of aromatic nitrogens is 3. The minimum atomic E-state index is -0.372. The average molecular weight is 526 g/mol. The van der Waals surface area contributed by atoms with E-state index in [1.807, 2.05) is 44.8 Å². The molecule has 1 aromatic carbocycles. The van der Waals surface area contributed by atoms with Crippen LogP contribution in [0.3, 0.4) is 0 Å². The van der Waals surface area contributed by atoms with Crippen molar-refractivity contribution in [2.45, 2.75) is 31.6 Å². The number of nitrogens with zero attached hydrogens (tertiary/aromatic N) is 6. The third-order valence-corrected chi connectivity index (χ3v) is 8.97. The largest absolute Gasteiger partial charge is 0.348 e. The lowest BCUT2D eigenvalue weighted by Gasteiger charge is -2.35. The normalized spacial score (nSPS) is 23.0. The topological polar surface area (TPSA) is 78.1 Å². The number of halogens is 1. The van der Waals surface area contributed by atoms with E-state index in [0.717, 1.165) is 47.5 Å². The van der Waals surface area contributed by atoms with Gasteiger partial charge in [-0.2, -0.15) is 0 Å². The number of urea groups is 1. The fourth-order valence-corrected chi connectivity index (χ4v) is 7.09. The molecule has 8 rings (SSSR count). The molecule has 0 radical (unpaired) electrons. The highest BCUT2D eigenvalue weighted by Crippen LogP contribution is 2.38. The molecule has 198 valence electrons. The van der Waals surface area contributed by atoms with Gasteiger partial charge in [-0.3, -0.25) is 14.1 Å². The number of carbonyl (C=O) groups excluding carboxylic acids is 2. The fraction of sp³-hybridized carbons (Fsp3) is 0.345. The van der Waals surface area contributed by atoms with Gasteiger partial charge >= 0.3 is 6.03 Å². The maximum absolute atomic E-state index is 15.1. The van der Waals surface area contributed by atoms with Crippen molar-refractivity contribution in [1.29, 1.82) is 0 Å². The van der Waals surface area contributed by atoms with Crippen molar-refractivity contribution in [1.82, 2.24) is 34.0 Å². The summed E-state index contributed by atoms with van der Waals surface area (Å²) < 4.78 is 19.2. The molecule has 4 aromatic rings. The van der Waals surface area contributed by atoms with Gasteiger partial charge in [-0.05, 0) is 43.3 Å². The van der Waals surface area contributed by atoms with Gasteiger partial charge in [0.15, 0.2) is 0 Å². The van der Waals surface area contributed by atoms with Crippen LogP contribution in [0.25, 0.3) is 27.7 Å². The first-order valence-corrected chi connectivity index (χ1v) is 13.5. The van der Waals surface area contributed by atoms with Gasteiger partial charge in [-0.15, -0.1) is 0 Å². The lowest BCUT2D eigenvalue weighted by atomic mass is 9.98. The first-order chi connectivity index (χ1) is 19.0. The fourth-order valence-electron chi connectivity index (χ4n) is 7.09. The Balaban J connectivity index is 1.21. The van der Waals surface area contributed by atoms with E-state index in [1.165, 1.54) is 12.1 Å². The Bertz CT molecular complexity index is 1730. The summed E-state index contributed by atoms with van der Waals surface area (Å²) in [5.74, 6) is -0.549. The maximum Gasteiger partial charge on any atom is 0.320 e. The van der Waals surface area contributed by atoms with E-state index in [-0.39, 0.29) is 23.8 Å². The van der Waals surface area contributed by atoms with E-state index in [9.17, 15) is 9.59 Å². The minimum Gasteiger partial charge on any atom is -0.348 e. The van der Waals surface area contributed by atoms with Gasteiger partial charge in [0.2, 0.25) is 0 Å². The second-order valence-electron chi connectivity index (χ2n) is 11.1. The van der Waals surface area contributed by atoms with Gasteiger partial charge in [0.25, 0.3) is 5.91 Å². The zero-order valence-corrected chi connectivity index (χ0v) is 21.6. The molecule has 4 aliphatic rings. The first kappa shape index (κ1) is 22.8. The summed E-state index contributed by atoms with van der Waals surface area (Å²) in [5.41, 5.74) is 5.38. The Morgan fingerprint density at radius 1 is 1.15 bits per heavy atom. The van der Waals surface area contributed by atoms with Crippen LogP contribution in [0.1, 0.15) is 23.2 Å². The van der Waals surface area contributed by atoms with Crippen LogP contribution < -0.4 is 5.32 Å². The standard InChI is InChI=1S/C29H28FN7O2/c1-33-14-20-10-19(33)15-37(20)29(39)35-7-6-34-16-23(21-9-18(30)8-17(13-35)27(21)34)26-22(11-32-28(26)38)24-12-31-25-4-2-3-5-36(24)25/h2-5,8-9,12,16,19-20H,6-7,10-11,13-15H2,1H3,(H,32,38). The summed E-state index contributed by atoms with van der Waals surface area (Å²) in [6.45, 7) is 3.47. The third kappa shape index (κ3) is 3.30. The molecule has 0 aliphatic carbocycles. The van der Waals surface area contributed by atoms with E-state index in [2.05, 4.69) is 26.8 Å². The summed E-state index contributed by atoms with van der Waals surface area (Å²) in [6.07, 6.45) is 6.69. The molecule has 10 heteroatoms. The molecule has 0 saturated carbocycles. The molecule has 4 aliphatic heterocycles. The lowest BCUT2D eigenvalue weighted by molar-refractivity contribution is -0.114. The van der Waals surface area contributed by atoms with E-state index in [4.69, 9.17) is 0 Å². The number of hydrogen-bond donors (Lipinski definition) is 1. The van der Waals surface area contributed by atoms with E-state index in [0.29, 0.717) is 48.7 Å². The summed E-state index contributed by atoms with van der Waals surface area (Å²) in [7, 11) is 2.12. The molecule has 9 nitrogen and oxygen atoms in total. The number of fused-ring (bicyclic) bond motifs is 3. The van der Waals surface area contributed by atoms with Crippen molar-refractivity contribution in [2.75, 3.05) is 33.2 Å². The Morgan fingerprint density at radius 2 is 2.05 bits per heavy atom. The predicted octanol–water partition coefficient (Wildman–Crippen LogP) is 2.79. The molecule has 2 atom stereocenters. The van der Waals surface area contributed by atoms with Crippen LogP contribution in [0, 0.1) is 5.82 Å². The molecule has 7 heterocycles. The van der Waals surface area contributed by atoms with Crippen LogP contribution in [0.15, 0.2) is 48.9 Å². The van der Waals surface area contributed by atoms with Crippen molar-refractivity contribution in [2.24, 2.45) is 0 Å². The SMILES string of the molecule is CN1CC2CC1CN2C(=O)N1CCn2cc(C3=C(c4cnc5ccccn45)CNC3=O)c3cc(F)cc(c32)C1. The third-order valence-electron chi connectivity index (χ3n) is 8.97. The Morgan fingerprint density at radius 3 is 2.87 bits per heavy atom. The predicted molar refractivity (Wildman–Crippen MR) is 144 cm³/mol. The number of likely N-dealkylation sites (N-methyl/N-ethyl adjacent to an activating group) is 1. The molecular weight excluding hydrogens is 497 g/mol. The molecular formula is C29H28FN7O2. The van der Waals surface area contributed by atoms with Crippen LogP contribution in [0.2, 0.25) is 0 Å². The molecule has 3 aromatic heterocycles. The van der Waals surface area contributed by atoms with E-state index >= 15 is 4.39 Å². The monoisotopic (exact) mass is 525 g/mol. The van der Waals surface area contributed by atoms with Crippen molar-refractivity contribution < 1.29 is 14.0 Å². The number of benzene rings is 1. The molecule has 0 spiro atoms. The number of imidazole rings is 1. The summed E-state index contributed by atoms with van der Waals surface area (Å²) in [6, 6.07) is 9.54. The Labute approximate surface area is 224 Å². The average Bonchev–Trinajstić information content (AvgIpc) is 3.72. The highest BCUT2D eigenvalue weighted by molar-refractivity contribution is 6.32. The Kier molecular flexibility index (Phi) is 4.76. The molecule has 39 heavy (non-hydrogen) atoms. The minimum absolute atomic E-state index is 0.0340. The number of hydrogen-bond acceptors (Lipinski definition) is 4. The van der Waals surface area contributed by atoms with E-state index in [1.54, 1.807) is 6.20 Å². The van der Waals surface area contributed by atoms with Crippen LogP contribution in [-0.4, -0.2) is 85.9 Å². The maximum atomic E-state index is 15.1. The first-order valence-electron chi connectivity index (χ1n) is 13.5. The zero-order chi connectivity index (χ0) is 26.4. The number of carbonyl (C=O) groups is 2. The highest BCUT2D eigenvalue weighted by atomic mass is 19.1. The number of rotatable bonds is 2. The second kappa shape index (κ2) is 8.16. The van der Waals surface area contributed by atoms with E-state index < -0.39 is 0 Å². The van der Waals surface area contributed by atoms with Crippen LogP contribution >= 0.6 is 0 Å². The number of piperazine rings is 1. The lowest BCUT2D eigenvalue weighted by Crippen LogP contribution is -2.52. The summed E-state index contributed by atoms with van der Waals surface area (Å²) in [4.78, 5) is 37.5. The number of pyridine rings is 1. The molecule has 2 fully saturated rings. The molecule has 2 saturated heterocycles. The van der Waals surface area contributed by atoms with Gasteiger partial charge in [-0.25, -0.2) is 14.2 Å². The number of likely N-dealkylation sites (tertiary alicyclic amines) is 2. The second-order valence-corrected chi connectivity index (χ2v) is 11.1. The van der Waals surface area contributed by atoms with Crippen LogP contribution in [0.4, 0.5) is 9.18 Å². The van der Waals surface area contributed by atoms with Gasteiger partial charge in [0, 0.05) is 80.3 Å². The van der Waals surface area contributed by atoms with Gasteiger partial charge in [-0.1, -0.05) is 6.07 Å². The van der Waals surface area contributed by atoms with Crippen LogP contribution in [-0.2, 0) is 17.9 Å². The number of amides is 3.